The Labute approximate surface area is 92.4 Å². The number of aliphatic carboxylic acids is 1. The molecule has 0 amide bonds. The van der Waals surface area contributed by atoms with E-state index in [9.17, 15) is 4.79 Å². The van der Waals surface area contributed by atoms with E-state index in [-0.39, 0.29) is 6.42 Å². The van der Waals surface area contributed by atoms with Gasteiger partial charge < -0.3 is 5.11 Å². The van der Waals surface area contributed by atoms with Crippen LogP contribution >= 0.6 is 0 Å². The molecule has 2 nitrogen and oxygen atoms in total. The second-order valence-electron chi connectivity index (χ2n) is 3.47. The summed E-state index contributed by atoms with van der Waals surface area (Å²) < 4.78 is 0. The van der Waals surface area contributed by atoms with Crippen molar-refractivity contribution in [2.45, 2.75) is 51.9 Å². The van der Waals surface area contributed by atoms with Crippen LogP contribution in [0.4, 0.5) is 0 Å². The van der Waals surface area contributed by atoms with Crippen molar-refractivity contribution in [3.63, 3.8) is 0 Å². The molecule has 0 aliphatic carbocycles. The third-order valence-electron chi connectivity index (χ3n) is 1.98. The maximum Gasteiger partial charge on any atom is 0.303 e. The normalized spacial score (nSPS) is 9.93. The fourth-order valence-corrected chi connectivity index (χ4v) is 1.12. The molecule has 0 aliphatic rings. The van der Waals surface area contributed by atoms with Crippen LogP contribution in [0.1, 0.15) is 51.9 Å². The largest absolute Gasteiger partial charge is 0.481 e. The summed E-state index contributed by atoms with van der Waals surface area (Å²) in [6, 6.07) is 0. The third-order valence-corrected chi connectivity index (χ3v) is 1.98. The molecule has 0 bridgehead atoms. The highest BCUT2D eigenvalue weighted by molar-refractivity contribution is 5.66. The van der Waals surface area contributed by atoms with Crippen molar-refractivity contribution in [3.05, 3.63) is 12.2 Å². The minimum Gasteiger partial charge on any atom is -0.481 e. The number of carbonyl (C=O) groups is 1. The average molecular weight is 208 g/mol. The van der Waals surface area contributed by atoms with Crippen molar-refractivity contribution in [3.8, 4) is 11.8 Å². The Balaban J connectivity index is 3.33. The van der Waals surface area contributed by atoms with Crippen molar-refractivity contribution in [1.82, 2.24) is 0 Å². The molecule has 1 N–H and O–H groups in total. The van der Waals surface area contributed by atoms with Gasteiger partial charge in [0.05, 0.1) is 0 Å². The van der Waals surface area contributed by atoms with Crippen molar-refractivity contribution < 1.29 is 9.90 Å². The van der Waals surface area contributed by atoms with Gasteiger partial charge in [-0.3, -0.25) is 4.79 Å². The molecule has 0 atom stereocenters. The first-order valence-electron chi connectivity index (χ1n) is 5.62. The van der Waals surface area contributed by atoms with Gasteiger partial charge in [0.1, 0.15) is 0 Å². The Kier molecular flexibility index (Phi) is 9.96. The molecule has 0 spiro atoms. The van der Waals surface area contributed by atoms with Gasteiger partial charge in [-0.1, -0.05) is 44.1 Å². The Morgan fingerprint density at radius 1 is 1.33 bits per heavy atom. The van der Waals surface area contributed by atoms with Crippen LogP contribution in [0.5, 0.6) is 0 Å². The van der Waals surface area contributed by atoms with Crippen LogP contribution in [-0.2, 0) is 4.79 Å². The molecule has 0 fully saturated rings. The molecule has 0 aromatic heterocycles. The molecule has 0 aromatic rings. The van der Waals surface area contributed by atoms with E-state index in [0.717, 1.165) is 6.42 Å². The summed E-state index contributed by atoms with van der Waals surface area (Å²) in [5, 5.41) is 8.37. The van der Waals surface area contributed by atoms with Crippen LogP contribution in [-0.4, -0.2) is 11.1 Å². The molecule has 0 radical (unpaired) electrons. The fourth-order valence-electron chi connectivity index (χ4n) is 1.12. The summed E-state index contributed by atoms with van der Waals surface area (Å²) >= 11 is 0. The van der Waals surface area contributed by atoms with E-state index in [1.165, 1.54) is 25.7 Å². The summed E-state index contributed by atoms with van der Waals surface area (Å²) in [5.41, 5.74) is 0. The lowest BCUT2D eigenvalue weighted by Crippen LogP contribution is -1.91. The lowest BCUT2D eigenvalue weighted by atomic mass is 10.1. The molecule has 0 unspecified atom stereocenters. The SMILES string of the molecule is CCCCCCC#C/C=C/CCC(=O)O. The van der Waals surface area contributed by atoms with E-state index in [1.807, 2.05) is 6.08 Å². The number of hydrogen-bond acceptors (Lipinski definition) is 1. The van der Waals surface area contributed by atoms with Crippen molar-refractivity contribution in [2.24, 2.45) is 0 Å². The molecule has 0 saturated heterocycles. The highest BCUT2D eigenvalue weighted by Crippen LogP contribution is 2.00. The van der Waals surface area contributed by atoms with Gasteiger partial charge >= 0.3 is 5.97 Å². The second-order valence-corrected chi connectivity index (χ2v) is 3.47. The van der Waals surface area contributed by atoms with Gasteiger partial charge in [-0.05, 0) is 18.9 Å². The standard InChI is InChI=1S/C13H20O2/c1-2-3-4-5-6-7-8-9-10-11-12-13(14)15/h9-10H,2-6,11-12H2,1H3,(H,14,15)/b10-9+. The molecule has 0 heterocycles. The first kappa shape index (κ1) is 13.8. The lowest BCUT2D eigenvalue weighted by molar-refractivity contribution is -0.136. The summed E-state index contributed by atoms with van der Waals surface area (Å²) in [7, 11) is 0. The van der Waals surface area contributed by atoms with Crippen LogP contribution < -0.4 is 0 Å². The zero-order valence-corrected chi connectivity index (χ0v) is 9.46. The fraction of sp³-hybridized carbons (Fsp3) is 0.615. The van der Waals surface area contributed by atoms with Crippen molar-refractivity contribution in [1.29, 1.82) is 0 Å². The number of carboxylic acids is 1. The zero-order chi connectivity index (χ0) is 11.4. The Bertz CT molecular complexity index is 243. The molecule has 0 rings (SSSR count). The Hall–Kier alpha value is -1.23. The van der Waals surface area contributed by atoms with Gasteiger partial charge in [0.15, 0.2) is 0 Å². The molecule has 84 valence electrons. The second kappa shape index (κ2) is 10.8. The molecular weight excluding hydrogens is 188 g/mol. The monoisotopic (exact) mass is 208 g/mol. The van der Waals surface area contributed by atoms with Gasteiger partial charge in [-0.25, -0.2) is 0 Å². The number of rotatable bonds is 7. The number of hydrogen-bond donors (Lipinski definition) is 1. The molecule has 0 aliphatic heterocycles. The van der Waals surface area contributed by atoms with E-state index >= 15 is 0 Å². The Morgan fingerprint density at radius 2 is 2.13 bits per heavy atom. The van der Waals surface area contributed by atoms with Crippen LogP contribution in [0.25, 0.3) is 0 Å². The third kappa shape index (κ3) is 12.8. The van der Waals surface area contributed by atoms with E-state index in [0.29, 0.717) is 6.42 Å². The Morgan fingerprint density at radius 3 is 2.80 bits per heavy atom. The highest BCUT2D eigenvalue weighted by Gasteiger charge is 1.90. The van der Waals surface area contributed by atoms with Gasteiger partial charge in [-0.2, -0.15) is 0 Å². The summed E-state index contributed by atoms with van der Waals surface area (Å²) in [5.74, 6) is 5.20. The van der Waals surface area contributed by atoms with E-state index < -0.39 is 5.97 Å². The average Bonchev–Trinajstić information content (AvgIpc) is 2.20. The molecule has 0 aromatic carbocycles. The molecule has 2 heteroatoms. The van der Waals surface area contributed by atoms with Crippen molar-refractivity contribution in [2.75, 3.05) is 0 Å². The molecular formula is C13H20O2. The van der Waals surface area contributed by atoms with Gasteiger partial charge in [0, 0.05) is 12.8 Å². The van der Waals surface area contributed by atoms with E-state index in [1.54, 1.807) is 6.08 Å². The minimum absolute atomic E-state index is 0.189. The molecule has 0 saturated carbocycles. The number of allylic oxidation sites excluding steroid dienone is 2. The summed E-state index contributed by atoms with van der Waals surface area (Å²) in [4.78, 5) is 10.2. The predicted molar refractivity (Wildman–Crippen MR) is 62.5 cm³/mol. The predicted octanol–water partition coefficient (Wildman–Crippen LogP) is 3.38. The number of carboxylic acid groups (broad SMARTS) is 1. The maximum absolute atomic E-state index is 10.2. The number of unbranched alkanes of at least 4 members (excludes halogenated alkanes) is 4. The first-order chi connectivity index (χ1) is 7.27. The first-order valence-corrected chi connectivity index (χ1v) is 5.62. The zero-order valence-electron chi connectivity index (χ0n) is 9.46. The van der Waals surface area contributed by atoms with Crippen LogP contribution in [0.3, 0.4) is 0 Å². The van der Waals surface area contributed by atoms with Gasteiger partial charge in [-0.15, -0.1) is 0 Å². The highest BCUT2D eigenvalue weighted by atomic mass is 16.4. The van der Waals surface area contributed by atoms with E-state index in [2.05, 4.69) is 18.8 Å². The van der Waals surface area contributed by atoms with Gasteiger partial charge in [0.2, 0.25) is 0 Å². The lowest BCUT2D eigenvalue weighted by Gasteiger charge is -1.91. The summed E-state index contributed by atoms with van der Waals surface area (Å²) in [6.07, 6.45) is 10.2. The van der Waals surface area contributed by atoms with Crippen molar-refractivity contribution >= 4 is 5.97 Å². The van der Waals surface area contributed by atoms with Crippen LogP contribution in [0, 0.1) is 11.8 Å². The minimum atomic E-state index is -0.757. The molecule has 15 heavy (non-hydrogen) atoms. The quantitative estimate of drug-likeness (QED) is 0.514. The van der Waals surface area contributed by atoms with Crippen LogP contribution in [0.2, 0.25) is 0 Å². The smallest absolute Gasteiger partial charge is 0.303 e. The van der Waals surface area contributed by atoms with E-state index in [4.69, 9.17) is 5.11 Å². The topological polar surface area (TPSA) is 37.3 Å². The summed E-state index contributed by atoms with van der Waals surface area (Å²) in [6.45, 7) is 2.19. The van der Waals surface area contributed by atoms with Crippen LogP contribution in [0.15, 0.2) is 12.2 Å². The maximum atomic E-state index is 10.2. The van der Waals surface area contributed by atoms with Gasteiger partial charge in [0.25, 0.3) is 0 Å².